The summed E-state index contributed by atoms with van der Waals surface area (Å²) in [5.74, 6) is 0.358. The van der Waals surface area contributed by atoms with Crippen molar-refractivity contribution in [2.45, 2.75) is 38.5 Å². The average Bonchev–Trinajstić information content (AvgIpc) is 3.36. The lowest BCUT2D eigenvalue weighted by Gasteiger charge is -2.15. The highest BCUT2D eigenvalue weighted by atomic mass is 19.3. The van der Waals surface area contributed by atoms with E-state index in [4.69, 9.17) is 14.9 Å². The zero-order chi connectivity index (χ0) is 24.2. The normalized spacial score (nSPS) is 17.7. The maximum absolute atomic E-state index is 13.1. The van der Waals surface area contributed by atoms with Crippen LogP contribution in [-0.4, -0.2) is 61.3 Å². The van der Waals surface area contributed by atoms with E-state index in [1.165, 1.54) is 25.3 Å². The molecule has 10 nitrogen and oxygen atoms in total. The fourth-order valence-electron chi connectivity index (χ4n) is 3.66. The minimum absolute atomic E-state index is 0.0598. The molecule has 0 bridgehead atoms. The van der Waals surface area contributed by atoms with Gasteiger partial charge in [0.1, 0.15) is 0 Å². The van der Waals surface area contributed by atoms with Crippen LogP contribution in [-0.2, 0) is 11.3 Å². The van der Waals surface area contributed by atoms with Gasteiger partial charge in [0.05, 0.1) is 26.3 Å². The Morgan fingerprint density at radius 1 is 1.29 bits per heavy atom. The van der Waals surface area contributed by atoms with Crippen molar-refractivity contribution in [3.8, 4) is 23.0 Å². The fraction of sp³-hybridized carbons (Fsp3) is 0.500. The van der Waals surface area contributed by atoms with Crippen molar-refractivity contribution < 1.29 is 37.0 Å². The van der Waals surface area contributed by atoms with Gasteiger partial charge in [-0.05, 0) is 43.4 Å². The summed E-state index contributed by atoms with van der Waals surface area (Å²) in [6.45, 7) is -1.97. The molecule has 0 spiro atoms. The summed E-state index contributed by atoms with van der Waals surface area (Å²) in [6.07, 6.45) is 2.06. The molecule has 1 aliphatic carbocycles. The molecule has 3 N–H and O–H groups in total. The Balaban J connectivity index is 1.54. The molecule has 0 radical (unpaired) electrons. The summed E-state index contributed by atoms with van der Waals surface area (Å²) in [5.41, 5.74) is 6.26. The van der Waals surface area contributed by atoms with Crippen LogP contribution < -0.4 is 20.5 Å². The van der Waals surface area contributed by atoms with Gasteiger partial charge in [0.25, 0.3) is 5.91 Å². The smallest absolute Gasteiger partial charge is 0.407 e. The van der Waals surface area contributed by atoms with Gasteiger partial charge in [-0.3, -0.25) is 4.79 Å². The van der Waals surface area contributed by atoms with Crippen molar-refractivity contribution in [2.75, 3.05) is 26.8 Å². The predicted molar refractivity (Wildman–Crippen MR) is 115 cm³/mol. The van der Waals surface area contributed by atoms with Gasteiger partial charge in [-0.2, -0.15) is 8.78 Å². The van der Waals surface area contributed by atoms with E-state index in [0.29, 0.717) is 37.6 Å². The van der Waals surface area contributed by atoms with E-state index in [-0.39, 0.29) is 47.3 Å². The third-order valence-corrected chi connectivity index (χ3v) is 5.65. The Labute approximate surface area is 194 Å². The second kappa shape index (κ2) is 10.2. The molecule has 1 unspecified atom stereocenters. The minimum atomic E-state index is -3.00. The molecule has 1 aromatic carbocycles. The summed E-state index contributed by atoms with van der Waals surface area (Å²) in [5, 5.41) is 2.67. The largest absolute Gasteiger partial charge is 0.489 e. The number of benzene rings is 1. The number of halogens is 2. The first-order chi connectivity index (χ1) is 16.4. The fourth-order valence-corrected chi connectivity index (χ4v) is 3.66. The second-order valence-electron chi connectivity index (χ2n) is 8.16. The molecule has 184 valence electrons. The average molecular weight is 480 g/mol. The standard InChI is InChI=1S/C22H26F2N4O6/c1-31-22(30)26-14-6-7-28(10-14)20(29)18-17(9-25)33-19(27-18)13-4-5-15(34-21(23)24)16(8-13)32-11-12-2-3-12/h4-5,8,12,14,21H,2-3,6-7,9-11,25H2,1H3,(H,26,30). The van der Waals surface area contributed by atoms with Crippen LogP contribution in [0.15, 0.2) is 22.6 Å². The highest BCUT2D eigenvalue weighted by molar-refractivity contribution is 5.94. The first kappa shape index (κ1) is 23.7. The summed E-state index contributed by atoms with van der Waals surface area (Å²) in [4.78, 5) is 30.4. The van der Waals surface area contributed by atoms with Crippen molar-refractivity contribution in [2.24, 2.45) is 11.7 Å². The molecular formula is C22H26F2N4O6. The Kier molecular flexibility index (Phi) is 7.15. The van der Waals surface area contributed by atoms with Crippen molar-refractivity contribution in [3.05, 3.63) is 29.7 Å². The number of nitrogens with one attached hydrogen (secondary N) is 1. The van der Waals surface area contributed by atoms with E-state index in [9.17, 15) is 18.4 Å². The molecule has 12 heteroatoms. The lowest BCUT2D eigenvalue weighted by atomic mass is 10.2. The molecule has 34 heavy (non-hydrogen) atoms. The Morgan fingerprint density at radius 2 is 2.09 bits per heavy atom. The zero-order valence-corrected chi connectivity index (χ0v) is 18.6. The molecular weight excluding hydrogens is 454 g/mol. The second-order valence-corrected chi connectivity index (χ2v) is 8.16. The molecule has 1 aromatic heterocycles. The Bertz CT molecular complexity index is 1040. The van der Waals surface area contributed by atoms with E-state index in [0.717, 1.165) is 12.8 Å². The van der Waals surface area contributed by atoms with Gasteiger partial charge in [0, 0.05) is 18.7 Å². The van der Waals surface area contributed by atoms with Crippen LogP contribution in [0.3, 0.4) is 0 Å². The molecule has 2 amide bonds. The first-order valence-electron chi connectivity index (χ1n) is 10.9. The number of likely N-dealkylation sites (tertiary alicyclic amines) is 1. The van der Waals surface area contributed by atoms with E-state index >= 15 is 0 Å². The highest BCUT2D eigenvalue weighted by Gasteiger charge is 2.32. The lowest BCUT2D eigenvalue weighted by molar-refractivity contribution is -0.0515. The van der Waals surface area contributed by atoms with Crippen LogP contribution >= 0.6 is 0 Å². The number of nitrogens with zero attached hydrogens (tertiary/aromatic N) is 2. The van der Waals surface area contributed by atoms with Gasteiger partial charge in [-0.1, -0.05) is 0 Å². The van der Waals surface area contributed by atoms with Crippen molar-refractivity contribution >= 4 is 12.0 Å². The molecule has 1 aliphatic heterocycles. The minimum Gasteiger partial charge on any atom is -0.489 e. The summed E-state index contributed by atoms with van der Waals surface area (Å²) < 4.78 is 46.2. The maximum atomic E-state index is 13.1. The number of alkyl halides is 2. The molecule has 2 aliphatic rings. The van der Waals surface area contributed by atoms with Gasteiger partial charge in [0.2, 0.25) is 5.89 Å². The van der Waals surface area contributed by atoms with Gasteiger partial charge >= 0.3 is 12.7 Å². The topological polar surface area (TPSA) is 129 Å². The van der Waals surface area contributed by atoms with Crippen LogP contribution in [0.2, 0.25) is 0 Å². The zero-order valence-electron chi connectivity index (χ0n) is 18.6. The maximum Gasteiger partial charge on any atom is 0.407 e. The molecule has 1 saturated heterocycles. The van der Waals surface area contributed by atoms with Crippen LogP contribution in [0.4, 0.5) is 13.6 Å². The SMILES string of the molecule is COC(=O)NC1CCN(C(=O)c2nc(-c3ccc(OC(F)F)c(OCC4CC4)c3)oc2CN)C1. The van der Waals surface area contributed by atoms with Crippen LogP contribution in [0, 0.1) is 5.92 Å². The number of ether oxygens (including phenoxy) is 3. The number of carbonyl (C=O) groups is 2. The third-order valence-electron chi connectivity index (χ3n) is 5.65. The number of hydrogen-bond donors (Lipinski definition) is 2. The van der Waals surface area contributed by atoms with Crippen LogP contribution in [0.25, 0.3) is 11.5 Å². The van der Waals surface area contributed by atoms with E-state index in [2.05, 4.69) is 19.8 Å². The molecule has 2 heterocycles. The number of carbonyl (C=O) groups excluding carboxylic acids is 2. The number of methoxy groups -OCH3 is 1. The molecule has 4 rings (SSSR count). The van der Waals surface area contributed by atoms with Crippen molar-refractivity contribution in [1.29, 1.82) is 0 Å². The van der Waals surface area contributed by atoms with Gasteiger partial charge in [-0.25, -0.2) is 9.78 Å². The van der Waals surface area contributed by atoms with Gasteiger partial charge < -0.3 is 34.6 Å². The number of aromatic nitrogens is 1. The molecule has 2 aromatic rings. The number of rotatable bonds is 9. The number of alkyl carbamates (subject to hydrolysis) is 1. The number of nitrogens with two attached hydrogens (primary N) is 1. The molecule has 2 fully saturated rings. The number of oxazole rings is 1. The monoisotopic (exact) mass is 480 g/mol. The number of hydrogen-bond acceptors (Lipinski definition) is 8. The summed E-state index contributed by atoms with van der Waals surface area (Å²) in [6, 6.07) is 4.10. The first-order valence-corrected chi connectivity index (χ1v) is 10.9. The van der Waals surface area contributed by atoms with Crippen LogP contribution in [0.1, 0.15) is 35.5 Å². The molecule has 1 atom stereocenters. The van der Waals surface area contributed by atoms with E-state index in [1.54, 1.807) is 4.90 Å². The van der Waals surface area contributed by atoms with E-state index in [1.807, 2.05) is 0 Å². The molecule has 1 saturated carbocycles. The van der Waals surface area contributed by atoms with Gasteiger partial charge in [0.15, 0.2) is 23.0 Å². The highest BCUT2D eigenvalue weighted by Crippen LogP contribution is 2.36. The van der Waals surface area contributed by atoms with E-state index < -0.39 is 12.7 Å². The predicted octanol–water partition coefficient (Wildman–Crippen LogP) is 2.76. The van der Waals surface area contributed by atoms with Gasteiger partial charge in [-0.15, -0.1) is 0 Å². The summed E-state index contributed by atoms with van der Waals surface area (Å²) >= 11 is 0. The number of amides is 2. The summed E-state index contributed by atoms with van der Waals surface area (Å²) in [7, 11) is 1.27. The quantitative estimate of drug-likeness (QED) is 0.561. The van der Waals surface area contributed by atoms with Crippen molar-refractivity contribution in [1.82, 2.24) is 15.2 Å². The van der Waals surface area contributed by atoms with Crippen LogP contribution in [0.5, 0.6) is 11.5 Å². The van der Waals surface area contributed by atoms with Crippen molar-refractivity contribution in [3.63, 3.8) is 0 Å². The lowest BCUT2D eigenvalue weighted by Crippen LogP contribution is -2.38. The third kappa shape index (κ3) is 5.56. The Morgan fingerprint density at radius 3 is 2.76 bits per heavy atom. The Hall–Kier alpha value is -3.41.